The van der Waals surface area contributed by atoms with Crippen molar-refractivity contribution in [3.63, 3.8) is 0 Å². The molecule has 1 N–H and O–H groups in total. The van der Waals surface area contributed by atoms with Gasteiger partial charge in [0.2, 0.25) is 0 Å². The molecular formula is C14H29ClN2. The Labute approximate surface area is 113 Å². The molecule has 0 spiro atoms. The summed E-state index contributed by atoms with van der Waals surface area (Å²) in [7, 11) is 0. The predicted octanol–water partition coefficient (Wildman–Crippen LogP) is 2.78. The molecule has 0 aromatic carbocycles. The molecular weight excluding hydrogens is 232 g/mol. The second kappa shape index (κ2) is 6.40. The van der Waals surface area contributed by atoms with Crippen LogP contribution < -0.4 is 5.32 Å². The Balaban J connectivity index is 0.00000144. The van der Waals surface area contributed by atoms with Crippen LogP contribution in [0.25, 0.3) is 0 Å². The fourth-order valence-corrected chi connectivity index (χ4v) is 3.32. The van der Waals surface area contributed by atoms with E-state index in [-0.39, 0.29) is 12.4 Å². The van der Waals surface area contributed by atoms with Gasteiger partial charge in [-0.3, -0.25) is 0 Å². The molecule has 0 aromatic heterocycles. The minimum Gasteiger partial charge on any atom is -0.316 e. The molecule has 2 saturated heterocycles. The molecule has 2 aliphatic heterocycles. The summed E-state index contributed by atoms with van der Waals surface area (Å²) in [5, 5.41) is 3.50. The first-order valence-electron chi connectivity index (χ1n) is 7.02. The summed E-state index contributed by atoms with van der Waals surface area (Å²) < 4.78 is 0. The maximum atomic E-state index is 3.50. The van der Waals surface area contributed by atoms with Crippen molar-refractivity contribution in [3.05, 3.63) is 0 Å². The molecule has 0 radical (unpaired) electrons. The van der Waals surface area contributed by atoms with Crippen molar-refractivity contribution in [2.75, 3.05) is 32.7 Å². The quantitative estimate of drug-likeness (QED) is 0.840. The van der Waals surface area contributed by atoms with Gasteiger partial charge < -0.3 is 10.2 Å². The Bertz CT molecular complexity index is 216. The second-order valence-corrected chi connectivity index (χ2v) is 6.60. The van der Waals surface area contributed by atoms with Crippen LogP contribution in [-0.2, 0) is 0 Å². The number of nitrogens with zero attached hydrogens (tertiary/aromatic N) is 1. The summed E-state index contributed by atoms with van der Waals surface area (Å²) >= 11 is 0. The fraction of sp³-hybridized carbons (Fsp3) is 1.00. The van der Waals surface area contributed by atoms with Gasteiger partial charge >= 0.3 is 0 Å². The first-order chi connectivity index (χ1) is 7.59. The number of nitrogens with one attached hydrogen (secondary N) is 1. The van der Waals surface area contributed by atoms with E-state index in [1.807, 2.05) is 0 Å². The fourth-order valence-electron chi connectivity index (χ4n) is 3.32. The van der Waals surface area contributed by atoms with Gasteiger partial charge in [-0.15, -0.1) is 12.4 Å². The van der Waals surface area contributed by atoms with E-state index in [0.29, 0.717) is 5.41 Å². The Hall–Kier alpha value is 0.210. The Morgan fingerprint density at radius 2 is 1.94 bits per heavy atom. The van der Waals surface area contributed by atoms with Crippen LogP contribution in [0, 0.1) is 17.3 Å². The van der Waals surface area contributed by atoms with Crippen molar-refractivity contribution in [2.45, 2.75) is 40.0 Å². The molecule has 102 valence electrons. The van der Waals surface area contributed by atoms with Gasteiger partial charge in [0.05, 0.1) is 0 Å². The molecule has 0 saturated carbocycles. The van der Waals surface area contributed by atoms with Crippen LogP contribution in [0.1, 0.15) is 40.0 Å². The van der Waals surface area contributed by atoms with Crippen LogP contribution in [0.15, 0.2) is 0 Å². The summed E-state index contributed by atoms with van der Waals surface area (Å²) in [6, 6.07) is 0. The summed E-state index contributed by atoms with van der Waals surface area (Å²) in [6.07, 6.45) is 4.19. The zero-order valence-corrected chi connectivity index (χ0v) is 12.5. The normalized spacial score (nSPS) is 31.8. The molecule has 1 atom stereocenters. The van der Waals surface area contributed by atoms with E-state index < -0.39 is 0 Å². The van der Waals surface area contributed by atoms with E-state index >= 15 is 0 Å². The number of halogens is 1. The highest BCUT2D eigenvalue weighted by molar-refractivity contribution is 5.85. The summed E-state index contributed by atoms with van der Waals surface area (Å²) in [5.74, 6) is 1.86. The lowest BCUT2D eigenvalue weighted by Crippen LogP contribution is -2.42. The molecule has 0 aromatic rings. The van der Waals surface area contributed by atoms with Crippen LogP contribution in [0.4, 0.5) is 0 Å². The van der Waals surface area contributed by atoms with Gasteiger partial charge in [0, 0.05) is 13.1 Å². The third-order valence-electron chi connectivity index (χ3n) is 4.64. The average Bonchev–Trinajstić information content (AvgIpc) is 2.65. The number of piperidine rings is 1. The molecule has 2 rings (SSSR count). The monoisotopic (exact) mass is 260 g/mol. The predicted molar refractivity (Wildman–Crippen MR) is 76.8 cm³/mol. The highest BCUT2D eigenvalue weighted by atomic mass is 35.5. The zero-order valence-electron chi connectivity index (χ0n) is 11.7. The molecule has 0 aliphatic carbocycles. The maximum Gasteiger partial charge on any atom is 0.00480 e. The van der Waals surface area contributed by atoms with Crippen molar-refractivity contribution >= 4 is 12.4 Å². The zero-order chi connectivity index (χ0) is 11.6. The Morgan fingerprint density at radius 3 is 2.41 bits per heavy atom. The molecule has 2 nitrogen and oxygen atoms in total. The molecule has 0 amide bonds. The van der Waals surface area contributed by atoms with E-state index in [4.69, 9.17) is 0 Å². The lowest BCUT2D eigenvalue weighted by Gasteiger charge is -2.38. The van der Waals surface area contributed by atoms with E-state index in [1.165, 1.54) is 52.0 Å². The summed E-state index contributed by atoms with van der Waals surface area (Å²) in [6.45, 7) is 13.6. The largest absolute Gasteiger partial charge is 0.316 e. The van der Waals surface area contributed by atoms with Crippen molar-refractivity contribution in [1.29, 1.82) is 0 Å². The molecule has 0 bridgehead atoms. The standard InChI is InChI=1S/C14H28N2.ClH/c1-12(2)13-4-8-16(9-5-13)11-14(3)6-7-15-10-14;/h12-13,15H,4-11H2,1-3H3;1H. The molecule has 3 heteroatoms. The van der Waals surface area contributed by atoms with E-state index in [2.05, 4.69) is 31.0 Å². The van der Waals surface area contributed by atoms with Crippen LogP contribution in [0.2, 0.25) is 0 Å². The Kier molecular flexibility index (Phi) is 5.75. The van der Waals surface area contributed by atoms with Gasteiger partial charge in [-0.1, -0.05) is 20.8 Å². The molecule has 2 heterocycles. The smallest absolute Gasteiger partial charge is 0.00480 e. The molecule has 2 fully saturated rings. The topological polar surface area (TPSA) is 15.3 Å². The van der Waals surface area contributed by atoms with E-state index in [9.17, 15) is 0 Å². The van der Waals surface area contributed by atoms with Crippen molar-refractivity contribution in [3.8, 4) is 0 Å². The molecule has 17 heavy (non-hydrogen) atoms. The third kappa shape index (κ3) is 4.11. The van der Waals surface area contributed by atoms with E-state index in [0.717, 1.165) is 11.8 Å². The van der Waals surface area contributed by atoms with Gasteiger partial charge in [-0.2, -0.15) is 0 Å². The Morgan fingerprint density at radius 1 is 1.29 bits per heavy atom. The average molecular weight is 261 g/mol. The van der Waals surface area contributed by atoms with Crippen molar-refractivity contribution < 1.29 is 0 Å². The number of rotatable bonds is 3. The molecule has 2 aliphatic rings. The number of likely N-dealkylation sites (tertiary alicyclic amines) is 1. The van der Waals surface area contributed by atoms with E-state index in [1.54, 1.807) is 0 Å². The second-order valence-electron chi connectivity index (χ2n) is 6.60. The van der Waals surface area contributed by atoms with Gasteiger partial charge in [0.1, 0.15) is 0 Å². The van der Waals surface area contributed by atoms with Crippen LogP contribution in [-0.4, -0.2) is 37.6 Å². The molecule has 1 unspecified atom stereocenters. The maximum absolute atomic E-state index is 3.50. The van der Waals surface area contributed by atoms with Crippen LogP contribution in [0.5, 0.6) is 0 Å². The van der Waals surface area contributed by atoms with Gasteiger partial charge in [-0.25, -0.2) is 0 Å². The van der Waals surface area contributed by atoms with Crippen LogP contribution in [0.3, 0.4) is 0 Å². The first-order valence-corrected chi connectivity index (χ1v) is 7.02. The first kappa shape index (κ1) is 15.3. The highest BCUT2D eigenvalue weighted by Crippen LogP contribution is 2.29. The van der Waals surface area contributed by atoms with Crippen molar-refractivity contribution in [2.24, 2.45) is 17.3 Å². The minimum atomic E-state index is 0. The SMILES string of the molecule is CC(C)C1CCN(CC2(C)CCNC2)CC1.Cl. The van der Waals surface area contributed by atoms with Crippen molar-refractivity contribution in [1.82, 2.24) is 10.2 Å². The highest BCUT2D eigenvalue weighted by Gasteiger charge is 2.32. The van der Waals surface area contributed by atoms with Gasteiger partial charge in [0.15, 0.2) is 0 Å². The van der Waals surface area contributed by atoms with Crippen LogP contribution >= 0.6 is 12.4 Å². The lowest BCUT2D eigenvalue weighted by molar-refractivity contribution is 0.113. The summed E-state index contributed by atoms with van der Waals surface area (Å²) in [4.78, 5) is 2.70. The van der Waals surface area contributed by atoms with Gasteiger partial charge in [-0.05, 0) is 56.1 Å². The third-order valence-corrected chi connectivity index (χ3v) is 4.64. The number of hydrogen-bond donors (Lipinski definition) is 1. The minimum absolute atomic E-state index is 0. The summed E-state index contributed by atoms with van der Waals surface area (Å²) in [5.41, 5.74) is 0.546. The number of hydrogen-bond acceptors (Lipinski definition) is 2. The van der Waals surface area contributed by atoms with Gasteiger partial charge in [0.25, 0.3) is 0 Å². The lowest BCUT2D eigenvalue weighted by atomic mass is 9.84.